The Kier molecular flexibility index (Phi) is 3.81. The quantitative estimate of drug-likeness (QED) is 0.850. The number of aromatic nitrogens is 1. The van der Waals surface area contributed by atoms with Crippen LogP contribution in [0.25, 0.3) is 0 Å². The van der Waals surface area contributed by atoms with Crippen LogP contribution in [0.15, 0.2) is 30.3 Å². The van der Waals surface area contributed by atoms with Crippen LogP contribution in [-0.4, -0.2) is 10.9 Å². The fourth-order valence-electron chi connectivity index (χ4n) is 1.68. The molecule has 0 bridgehead atoms. The van der Waals surface area contributed by atoms with Crippen LogP contribution in [-0.2, 0) is 0 Å². The minimum absolute atomic E-state index is 0.251. The number of carbonyl (C=O) groups excluding carboxylic acids is 1. The van der Waals surface area contributed by atoms with E-state index in [2.05, 4.69) is 10.3 Å². The molecule has 0 atom stereocenters. The molecule has 2 rings (SSSR count). The number of aryl methyl sites for hydroxylation is 2. The topological polar surface area (TPSA) is 42.0 Å². The van der Waals surface area contributed by atoms with Crippen LogP contribution < -0.4 is 5.32 Å². The summed E-state index contributed by atoms with van der Waals surface area (Å²) in [5.74, 6) is -0.744. The molecule has 19 heavy (non-hydrogen) atoms. The Bertz CT molecular complexity index is 623. The number of anilines is 1. The van der Waals surface area contributed by atoms with Crippen molar-refractivity contribution in [1.82, 2.24) is 4.98 Å². The molecule has 1 aromatic heterocycles. The molecule has 2 aromatic rings. The number of nitrogens with one attached hydrogen (secondary N) is 1. The number of amides is 1. The minimum atomic E-state index is -0.398. The monoisotopic (exact) mass is 278 g/mol. The number of carbonyl (C=O) groups is 1. The first-order valence-corrected chi connectivity index (χ1v) is 6.05. The highest BCUT2D eigenvalue weighted by molar-refractivity contribution is 6.29. The van der Waals surface area contributed by atoms with Gasteiger partial charge < -0.3 is 5.32 Å². The van der Waals surface area contributed by atoms with Crippen molar-refractivity contribution >= 4 is 23.2 Å². The van der Waals surface area contributed by atoms with Gasteiger partial charge in [-0.05, 0) is 43.7 Å². The first-order chi connectivity index (χ1) is 8.95. The fourth-order valence-corrected chi connectivity index (χ4v) is 1.93. The third-order valence-electron chi connectivity index (χ3n) is 2.63. The summed E-state index contributed by atoms with van der Waals surface area (Å²) in [7, 11) is 0. The van der Waals surface area contributed by atoms with Crippen LogP contribution in [0.1, 0.15) is 21.6 Å². The van der Waals surface area contributed by atoms with E-state index in [4.69, 9.17) is 11.6 Å². The van der Waals surface area contributed by atoms with Crippen molar-refractivity contribution in [2.75, 3.05) is 5.32 Å². The van der Waals surface area contributed by atoms with E-state index in [-0.39, 0.29) is 11.1 Å². The number of halogens is 2. The zero-order valence-corrected chi connectivity index (χ0v) is 11.3. The van der Waals surface area contributed by atoms with Crippen molar-refractivity contribution in [3.05, 3.63) is 58.1 Å². The second kappa shape index (κ2) is 5.36. The smallest absolute Gasteiger partial charge is 0.255 e. The molecule has 98 valence electrons. The highest BCUT2D eigenvalue weighted by Gasteiger charge is 2.10. The van der Waals surface area contributed by atoms with E-state index >= 15 is 0 Å². The summed E-state index contributed by atoms with van der Waals surface area (Å²) in [6.07, 6.45) is 0. The molecule has 0 saturated carbocycles. The van der Waals surface area contributed by atoms with Gasteiger partial charge in [-0.1, -0.05) is 17.7 Å². The van der Waals surface area contributed by atoms with E-state index in [1.807, 2.05) is 0 Å². The Morgan fingerprint density at radius 2 is 2.00 bits per heavy atom. The van der Waals surface area contributed by atoms with Crippen LogP contribution in [0.5, 0.6) is 0 Å². The van der Waals surface area contributed by atoms with E-state index in [1.54, 1.807) is 26.0 Å². The molecule has 3 nitrogen and oxygen atoms in total. The second-order valence-electron chi connectivity index (χ2n) is 4.23. The first kappa shape index (κ1) is 13.5. The Balaban J connectivity index is 2.28. The number of hydrogen-bond acceptors (Lipinski definition) is 2. The average Bonchev–Trinajstić information content (AvgIpc) is 2.32. The van der Waals surface area contributed by atoms with E-state index in [0.717, 1.165) is 5.56 Å². The zero-order valence-electron chi connectivity index (χ0n) is 10.5. The van der Waals surface area contributed by atoms with Crippen molar-refractivity contribution in [1.29, 1.82) is 0 Å². The van der Waals surface area contributed by atoms with Gasteiger partial charge >= 0.3 is 0 Å². The highest BCUT2D eigenvalue weighted by Crippen LogP contribution is 2.18. The van der Waals surface area contributed by atoms with Gasteiger partial charge in [-0.25, -0.2) is 9.37 Å². The molecule has 1 aromatic carbocycles. The lowest BCUT2D eigenvalue weighted by Crippen LogP contribution is -2.13. The third-order valence-corrected chi connectivity index (χ3v) is 2.83. The van der Waals surface area contributed by atoms with Crippen molar-refractivity contribution in [2.45, 2.75) is 13.8 Å². The number of nitrogens with zero attached hydrogens (tertiary/aromatic N) is 1. The maximum atomic E-state index is 13.1. The molecule has 1 amide bonds. The summed E-state index contributed by atoms with van der Waals surface area (Å²) < 4.78 is 13.1. The summed E-state index contributed by atoms with van der Waals surface area (Å²) in [4.78, 5) is 16.0. The van der Waals surface area contributed by atoms with Crippen LogP contribution in [0.2, 0.25) is 5.15 Å². The minimum Gasteiger partial charge on any atom is -0.322 e. The van der Waals surface area contributed by atoms with Gasteiger partial charge in [0, 0.05) is 16.9 Å². The first-order valence-electron chi connectivity index (χ1n) is 5.67. The average molecular weight is 279 g/mol. The summed E-state index contributed by atoms with van der Waals surface area (Å²) in [5.41, 5.74) is 2.26. The summed E-state index contributed by atoms with van der Waals surface area (Å²) in [6, 6.07) is 7.32. The van der Waals surface area contributed by atoms with Crippen LogP contribution >= 0.6 is 11.6 Å². The van der Waals surface area contributed by atoms with Crippen LogP contribution in [0.4, 0.5) is 10.1 Å². The lowest BCUT2D eigenvalue weighted by molar-refractivity contribution is 0.102. The largest absolute Gasteiger partial charge is 0.322 e. The Morgan fingerprint density at radius 1 is 1.26 bits per heavy atom. The Labute approximate surface area is 115 Å². The standard InChI is InChI=1S/C14H12ClFN2O/c1-8-3-4-11(16)7-12(8)18-14(19)10-5-9(2)17-13(15)6-10/h3-7H,1-2H3,(H,18,19). The predicted octanol–water partition coefficient (Wildman–Crippen LogP) is 3.74. The molecule has 0 unspecified atom stereocenters. The van der Waals surface area contributed by atoms with Gasteiger partial charge in [-0.2, -0.15) is 0 Å². The molecule has 0 radical (unpaired) electrons. The maximum Gasteiger partial charge on any atom is 0.255 e. The normalized spacial score (nSPS) is 10.3. The van der Waals surface area contributed by atoms with Gasteiger partial charge in [0.05, 0.1) is 0 Å². The maximum absolute atomic E-state index is 13.1. The van der Waals surface area contributed by atoms with E-state index in [1.165, 1.54) is 18.2 Å². The van der Waals surface area contributed by atoms with Gasteiger partial charge in [-0.3, -0.25) is 4.79 Å². The summed E-state index contributed by atoms with van der Waals surface area (Å²) >= 11 is 5.80. The number of pyridine rings is 1. The van der Waals surface area contributed by atoms with Crippen LogP contribution in [0, 0.1) is 19.7 Å². The molecule has 1 N–H and O–H groups in total. The van der Waals surface area contributed by atoms with Gasteiger partial charge in [0.1, 0.15) is 11.0 Å². The zero-order chi connectivity index (χ0) is 14.0. The lowest BCUT2D eigenvalue weighted by atomic mass is 10.1. The van der Waals surface area contributed by atoms with Crippen molar-refractivity contribution in [2.24, 2.45) is 0 Å². The number of benzene rings is 1. The summed E-state index contributed by atoms with van der Waals surface area (Å²) in [5, 5.41) is 2.91. The van der Waals surface area contributed by atoms with Crippen LogP contribution in [0.3, 0.4) is 0 Å². The van der Waals surface area contributed by atoms with Crippen molar-refractivity contribution in [3.63, 3.8) is 0 Å². The van der Waals surface area contributed by atoms with Crippen molar-refractivity contribution in [3.8, 4) is 0 Å². The molecular formula is C14H12ClFN2O. The lowest BCUT2D eigenvalue weighted by Gasteiger charge is -2.09. The van der Waals surface area contributed by atoms with E-state index in [0.29, 0.717) is 16.9 Å². The van der Waals surface area contributed by atoms with E-state index in [9.17, 15) is 9.18 Å². The van der Waals surface area contributed by atoms with Gasteiger partial charge in [-0.15, -0.1) is 0 Å². The number of hydrogen-bond donors (Lipinski definition) is 1. The highest BCUT2D eigenvalue weighted by atomic mass is 35.5. The summed E-state index contributed by atoms with van der Waals surface area (Å²) in [6.45, 7) is 3.54. The molecule has 5 heteroatoms. The molecule has 1 heterocycles. The van der Waals surface area contributed by atoms with Gasteiger partial charge in [0.15, 0.2) is 0 Å². The van der Waals surface area contributed by atoms with Crippen molar-refractivity contribution < 1.29 is 9.18 Å². The molecular weight excluding hydrogens is 267 g/mol. The Morgan fingerprint density at radius 3 is 2.68 bits per heavy atom. The van der Waals surface area contributed by atoms with Gasteiger partial charge in [0.2, 0.25) is 0 Å². The Hall–Kier alpha value is -1.94. The molecule has 0 aliphatic rings. The molecule has 0 aliphatic heterocycles. The van der Waals surface area contributed by atoms with E-state index < -0.39 is 5.82 Å². The third kappa shape index (κ3) is 3.29. The second-order valence-corrected chi connectivity index (χ2v) is 4.62. The number of rotatable bonds is 2. The predicted molar refractivity (Wildman–Crippen MR) is 73.1 cm³/mol. The SMILES string of the molecule is Cc1cc(C(=O)Nc2cc(F)ccc2C)cc(Cl)n1. The van der Waals surface area contributed by atoms with Gasteiger partial charge in [0.25, 0.3) is 5.91 Å². The molecule has 0 saturated heterocycles. The fraction of sp³-hybridized carbons (Fsp3) is 0.143. The molecule has 0 spiro atoms. The molecule has 0 fully saturated rings. The molecule has 0 aliphatic carbocycles.